The second-order valence-corrected chi connectivity index (χ2v) is 6.99. The third kappa shape index (κ3) is 4.99. The summed E-state index contributed by atoms with van der Waals surface area (Å²) in [6, 6.07) is 3.19. The Hall–Kier alpha value is -1.18. The largest absolute Gasteiger partial charge is 0.352 e. The molecule has 0 fully saturated rings. The number of hydrogen-bond acceptors (Lipinski definition) is 4. The Balaban J connectivity index is 2.48. The first-order valence-corrected chi connectivity index (χ1v) is 7.69. The third-order valence-corrected chi connectivity index (χ3v) is 4.59. The molecule has 0 aromatic carbocycles. The highest BCUT2D eigenvalue weighted by Gasteiger charge is 2.10. The molecule has 0 atom stereocenters. The molecule has 1 heterocycles. The number of thiophene rings is 1. The Morgan fingerprint density at radius 1 is 1.44 bits per heavy atom. The molecule has 0 saturated carbocycles. The second-order valence-electron chi connectivity index (χ2n) is 4.03. The summed E-state index contributed by atoms with van der Waals surface area (Å²) in [5.74, 6) is -0.141. The van der Waals surface area contributed by atoms with Gasteiger partial charge in [-0.25, -0.2) is 13.6 Å². The number of hydrogen-bond donors (Lipinski definition) is 2. The van der Waals surface area contributed by atoms with Crippen LogP contribution < -0.4 is 10.5 Å². The SMILES string of the molecule is CC(C)=CC(=O)NCCc1ccc(S(N)(=O)=O)s1. The molecule has 100 valence electrons. The van der Waals surface area contributed by atoms with Gasteiger partial charge in [0.25, 0.3) is 0 Å². The van der Waals surface area contributed by atoms with Crippen molar-refractivity contribution in [1.82, 2.24) is 5.32 Å². The summed E-state index contributed by atoms with van der Waals surface area (Å²) in [5, 5.41) is 7.73. The van der Waals surface area contributed by atoms with Gasteiger partial charge in [-0.3, -0.25) is 4.79 Å². The van der Waals surface area contributed by atoms with E-state index in [9.17, 15) is 13.2 Å². The van der Waals surface area contributed by atoms with E-state index < -0.39 is 10.0 Å². The molecule has 0 aliphatic carbocycles. The van der Waals surface area contributed by atoms with Crippen LogP contribution in [0.5, 0.6) is 0 Å². The van der Waals surface area contributed by atoms with E-state index in [1.165, 1.54) is 12.1 Å². The van der Waals surface area contributed by atoms with Crippen LogP contribution in [0, 0.1) is 0 Å². The molecule has 0 aliphatic rings. The van der Waals surface area contributed by atoms with Crippen LogP contribution in [0.4, 0.5) is 0 Å². The lowest BCUT2D eigenvalue weighted by atomic mass is 10.3. The number of carbonyl (C=O) groups excluding carboxylic acids is 1. The van der Waals surface area contributed by atoms with Gasteiger partial charge in [-0.1, -0.05) is 5.57 Å². The fraction of sp³-hybridized carbons (Fsp3) is 0.364. The molecule has 1 aromatic rings. The van der Waals surface area contributed by atoms with Crippen molar-refractivity contribution in [3.8, 4) is 0 Å². The van der Waals surface area contributed by atoms with E-state index in [0.717, 1.165) is 21.8 Å². The second kappa shape index (κ2) is 6.12. The van der Waals surface area contributed by atoms with E-state index in [2.05, 4.69) is 5.32 Å². The van der Waals surface area contributed by atoms with Crippen LogP contribution in [0.1, 0.15) is 18.7 Å². The number of rotatable bonds is 5. The van der Waals surface area contributed by atoms with E-state index in [1.54, 1.807) is 6.07 Å². The number of allylic oxidation sites excluding steroid dienone is 1. The van der Waals surface area contributed by atoms with Gasteiger partial charge in [0.1, 0.15) is 4.21 Å². The maximum atomic E-state index is 11.3. The number of nitrogens with one attached hydrogen (secondary N) is 1. The highest BCUT2D eigenvalue weighted by Crippen LogP contribution is 2.20. The van der Waals surface area contributed by atoms with Crippen molar-refractivity contribution in [2.24, 2.45) is 5.14 Å². The van der Waals surface area contributed by atoms with E-state index in [4.69, 9.17) is 5.14 Å². The molecule has 0 spiro atoms. The summed E-state index contributed by atoms with van der Waals surface area (Å²) in [7, 11) is -3.62. The Morgan fingerprint density at radius 3 is 2.61 bits per heavy atom. The maximum absolute atomic E-state index is 11.3. The van der Waals surface area contributed by atoms with E-state index in [1.807, 2.05) is 13.8 Å². The number of amides is 1. The number of nitrogens with two attached hydrogens (primary N) is 1. The zero-order valence-corrected chi connectivity index (χ0v) is 11.9. The lowest BCUT2D eigenvalue weighted by Crippen LogP contribution is -2.23. The van der Waals surface area contributed by atoms with Gasteiger partial charge >= 0.3 is 0 Å². The summed E-state index contributed by atoms with van der Waals surface area (Å²) >= 11 is 1.13. The first kappa shape index (κ1) is 14.9. The number of carbonyl (C=O) groups is 1. The minimum absolute atomic E-state index is 0.141. The summed E-state index contributed by atoms with van der Waals surface area (Å²) < 4.78 is 22.3. The van der Waals surface area contributed by atoms with Crippen LogP contribution in [0.3, 0.4) is 0 Å². The van der Waals surface area contributed by atoms with Gasteiger partial charge in [0.2, 0.25) is 15.9 Å². The van der Waals surface area contributed by atoms with E-state index >= 15 is 0 Å². The third-order valence-electron chi connectivity index (χ3n) is 2.01. The molecule has 0 aliphatic heterocycles. The van der Waals surface area contributed by atoms with Gasteiger partial charge in [0.15, 0.2) is 0 Å². The summed E-state index contributed by atoms with van der Waals surface area (Å²) in [6.45, 7) is 4.15. The average molecular weight is 288 g/mol. The van der Waals surface area contributed by atoms with Crippen LogP contribution in [0.25, 0.3) is 0 Å². The molecule has 0 radical (unpaired) electrons. The minimum atomic E-state index is -3.62. The molecular formula is C11H16N2O3S2. The molecule has 3 N–H and O–H groups in total. The molecule has 1 rings (SSSR count). The standard InChI is InChI=1S/C11H16N2O3S2/c1-8(2)7-10(14)13-6-5-9-3-4-11(17-9)18(12,15)16/h3-4,7H,5-6H2,1-2H3,(H,13,14)(H2,12,15,16). The summed E-state index contributed by atoms with van der Waals surface area (Å²) in [4.78, 5) is 12.2. The minimum Gasteiger partial charge on any atom is -0.352 e. The molecule has 1 amide bonds. The van der Waals surface area contributed by atoms with Gasteiger partial charge in [0, 0.05) is 17.5 Å². The zero-order valence-electron chi connectivity index (χ0n) is 10.3. The molecule has 0 unspecified atom stereocenters. The van der Waals surface area contributed by atoms with Crippen molar-refractivity contribution < 1.29 is 13.2 Å². The van der Waals surface area contributed by atoms with Crippen molar-refractivity contribution in [3.63, 3.8) is 0 Å². The predicted molar refractivity (Wildman–Crippen MR) is 71.8 cm³/mol. The van der Waals surface area contributed by atoms with Gasteiger partial charge in [-0.2, -0.15) is 0 Å². The molecule has 7 heteroatoms. The lowest BCUT2D eigenvalue weighted by molar-refractivity contribution is -0.116. The first-order chi connectivity index (χ1) is 8.29. The Kier molecular flexibility index (Phi) is 5.06. The van der Waals surface area contributed by atoms with E-state index in [0.29, 0.717) is 13.0 Å². The summed E-state index contributed by atoms with van der Waals surface area (Å²) in [6.07, 6.45) is 2.10. The monoisotopic (exact) mass is 288 g/mol. The Labute approximate surface area is 111 Å². The maximum Gasteiger partial charge on any atom is 0.247 e. The van der Waals surface area contributed by atoms with Gasteiger partial charge in [-0.05, 0) is 32.4 Å². The quantitative estimate of drug-likeness (QED) is 0.793. The van der Waals surface area contributed by atoms with Crippen molar-refractivity contribution in [1.29, 1.82) is 0 Å². The molecule has 5 nitrogen and oxygen atoms in total. The van der Waals surface area contributed by atoms with E-state index in [-0.39, 0.29) is 10.1 Å². The van der Waals surface area contributed by atoms with Crippen molar-refractivity contribution in [2.45, 2.75) is 24.5 Å². The lowest BCUT2D eigenvalue weighted by Gasteiger charge is -2.00. The molecular weight excluding hydrogens is 272 g/mol. The Bertz CT molecular complexity index is 555. The van der Waals surface area contributed by atoms with Crippen molar-refractivity contribution >= 4 is 27.3 Å². The van der Waals surface area contributed by atoms with Crippen molar-refractivity contribution in [2.75, 3.05) is 6.54 Å². The van der Waals surface area contributed by atoms with Crippen LogP contribution in [0.15, 0.2) is 28.0 Å². The first-order valence-electron chi connectivity index (χ1n) is 5.33. The van der Waals surface area contributed by atoms with Gasteiger partial charge < -0.3 is 5.32 Å². The van der Waals surface area contributed by atoms with Crippen molar-refractivity contribution in [3.05, 3.63) is 28.7 Å². The number of sulfonamides is 1. The number of primary sulfonamides is 1. The van der Waals surface area contributed by atoms with Crippen LogP contribution in [0.2, 0.25) is 0 Å². The fourth-order valence-electron chi connectivity index (χ4n) is 1.27. The van der Waals surface area contributed by atoms with Gasteiger partial charge in [0.05, 0.1) is 0 Å². The van der Waals surface area contributed by atoms with Crippen LogP contribution in [-0.2, 0) is 21.2 Å². The smallest absolute Gasteiger partial charge is 0.247 e. The average Bonchev–Trinajstić information content (AvgIpc) is 2.64. The molecule has 1 aromatic heterocycles. The Morgan fingerprint density at radius 2 is 2.11 bits per heavy atom. The highest BCUT2D eigenvalue weighted by atomic mass is 32.2. The molecule has 18 heavy (non-hydrogen) atoms. The van der Waals surface area contributed by atoms with Gasteiger partial charge in [-0.15, -0.1) is 11.3 Å². The summed E-state index contributed by atoms with van der Waals surface area (Å²) in [5.41, 5.74) is 0.931. The zero-order chi connectivity index (χ0) is 13.8. The normalized spacial score (nSPS) is 11.1. The van der Waals surface area contributed by atoms with Crippen LogP contribution >= 0.6 is 11.3 Å². The topological polar surface area (TPSA) is 89.3 Å². The molecule has 0 bridgehead atoms. The fourth-order valence-corrected chi connectivity index (χ4v) is 3.05. The predicted octanol–water partition coefficient (Wildman–Crippen LogP) is 1.02. The molecule has 0 saturated heterocycles. The van der Waals surface area contributed by atoms with Crippen LogP contribution in [-0.4, -0.2) is 20.9 Å². The highest BCUT2D eigenvalue weighted by molar-refractivity contribution is 7.91.